The average Bonchev–Trinajstić information content (AvgIpc) is 2.87. The normalized spacial score (nSPS) is 15.0. The summed E-state index contributed by atoms with van der Waals surface area (Å²) in [6.07, 6.45) is -0.185. The number of esters is 3. The number of nitrogens with two attached hydrogens (primary N) is 1. The van der Waals surface area contributed by atoms with Crippen LogP contribution in [0.15, 0.2) is 18.2 Å². The van der Waals surface area contributed by atoms with E-state index in [2.05, 4.69) is 0 Å². The highest BCUT2D eigenvalue weighted by molar-refractivity contribution is 5.79. The van der Waals surface area contributed by atoms with Crippen LogP contribution in [0.5, 0.6) is 11.5 Å². The van der Waals surface area contributed by atoms with E-state index in [1.807, 2.05) is 34.6 Å². The first-order chi connectivity index (χ1) is 18.7. The molecule has 2 N–H and O–H groups in total. The topological polar surface area (TPSA) is 140 Å². The Kier molecular flexibility index (Phi) is 14.7. The summed E-state index contributed by atoms with van der Waals surface area (Å²) < 4.78 is 26.6. The minimum absolute atomic E-state index is 0.0406. The number of hydrogen-bond acceptors (Lipinski definition) is 10. The predicted molar refractivity (Wildman–Crippen MR) is 150 cm³/mol. The summed E-state index contributed by atoms with van der Waals surface area (Å²) >= 11 is 0. The summed E-state index contributed by atoms with van der Waals surface area (Å²) in [5.41, 5.74) is 6.64. The maximum Gasteiger partial charge on any atom is 0.508 e. The molecule has 5 atom stereocenters. The maximum atomic E-state index is 12.7. The first kappa shape index (κ1) is 34.9. The molecule has 1 aromatic carbocycles. The summed E-state index contributed by atoms with van der Waals surface area (Å²) in [6, 6.07) is 3.64. The van der Waals surface area contributed by atoms with Crippen LogP contribution in [0.2, 0.25) is 0 Å². The smallest absolute Gasteiger partial charge is 0.461 e. The molecule has 0 aliphatic carbocycles. The second-order valence-corrected chi connectivity index (χ2v) is 11.0. The van der Waals surface area contributed by atoms with Crippen LogP contribution in [0.25, 0.3) is 0 Å². The van der Waals surface area contributed by atoms with Crippen molar-refractivity contribution in [1.82, 2.24) is 0 Å². The predicted octanol–water partition coefficient (Wildman–Crippen LogP) is 5.22. The monoisotopic (exact) mass is 565 g/mol. The van der Waals surface area contributed by atoms with Crippen molar-refractivity contribution in [3.63, 3.8) is 0 Å². The van der Waals surface area contributed by atoms with Gasteiger partial charge in [-0.2, -0.15) is 0 Å². The molecule has 3 unspecified atom stereocenters. The van der Waals surface area contributed by atoms with E-state index in [0.29, 0.717) is 12.0 Å². The first-order valence-corrected chi connectivity index (χ1v) is 14.0. The van der Waals surface area contributed by atoms with Gasteiger partial charge in [-0.05, 0) is 56.2 Å². The van der Waals surface area contributed by atoms with Crippen molar-refractivity contribution in [2.45, 2.75) is 99.8 Å². The van der Waals surface area contributed by atoms with E-state index < -0.39 is 42.1 Å². The van der Waals surface area contributed by atoms with Crippen molar-refractivity contribution in [1.29, 1.82) is 0 Å². The van der Waals surface area contributed by atoms with Gasteiger partial charge in [0.15, 0.2) is 11.5 Å². The lowest BCUT2D eigenvalue weighted by Crippen LogP contribution is -2.36. The van der Waals surface area contributed by atoms with Crippen molar-refractivity contribution in [2.75, 3.05) is 6.61 Å². The Balaban J connectivity index is 2.90. The third-order valence-electron chi connectivity index (χ3n) is 6.68. The van der Waals surface area contributed by atoms with Gasteiger partial charge < -0.3 is 29.4 Å². The molecule has 0 spiro atoms. The van der Waals surface area contributed by atoms with E-state index in [1.165, 1.54) is 12.1 Å². The molecule has 10 nitrogen and oxygen atoms in total. The molecule has 0 aliphatic heterocycles. The van der Waals surface area contributed by atoms with Gasteiger partial charge >= 0.3 is 24.1 Å². The Morgan fingerprint density at radius 2 is 1.27 bits per heavy atom. The summed E-state index contributed by atoms with van der Waals surface area (Å²) in [5, 5.41) is 0. The van der Waals surface area contributed by atoms with Gasteiger partial charge in [-0.1, -0.05) is 61.0 Å². The van der Waals surface area contributed by atoms with Crippen LogP contribution in [-0.2, 0) is 35.0 Å². The maximum absolute atomic E-state index is 12.7. The van der Waals surface area contributed by atoms with E-state index in [0.717, 1.165) is 6.42 Å². The van der Waals surface area contributed by atoms with Crippen LogP contribution in [-0.4, -0.2) is 48.9 Å². The fourth-order valence-electron chi connectivity index (χ4n) is 3.29. The molecule has 0 aromatic heterocycles. The van der Waals surface area contributed by atoms with Gasteiger partial charge in [-0.3, -0.25) is 14.4 Å². The number of carbonyl (C=O) groups is 4. The van der Waals surface area contributed by atoms with Crippen molar-refractivity contribution in [3.05, 3.63) is 23.8 Å². The highest BCUT2D eigenvalue weighted by atomic mass is 16.7. The third-order valence-corrected chi connectivity index (χ3v) is 6.68. The summed E-state index contributed by atoms with van der Waals surface area (Å²) in [4.78, 5) is 49.6. The molecule has 226 valence electrons. The second-order valence-electron chi connectivity index (χ2n) is 11.0. The van der Waals surface area contributed by atoms with Crippen LogP contribution < -0.4 is 15.2 Å². The standard InChI is InChI=1S/C30H47NO9/c1-10-11-19(6)37-30(35)38-20(7)16-36-29(34)24(31)14-23-12-13-25(39-27(32)21(8)17(2)3)26(15-23)40-28(33)22(9)18(4)5/h12-13,15,17-22,24H,10-11,14,16,31H2,1-9H3/t19?,20-,21?,22?,24-/m0/s1. The summed E-state index contributed by atoms with van der Waals surface area (Å²) in [5.74, 6) is -2.10. The number of carbonyl (C=O) groups excluding carboxylic acids is 4. The molecule has 0 bridgehead atoms. The molecule has 1 rings (SSSR count). The van der Waals surface area contributed by atoms with Crippen LogP contribution in [0.1, 0.15) is 80.7 Å². The number of ether oxygens (including phenoxy) is 5. The van der Waals surface area contributed by atoms with Gasteiger partial charge in [0.2, 0.25) is 0 Å². The lowest BCUT2D eigenvalue weighted by molar-refractivity contribution is -0.148. The molecule has 0 fully saturated rings. The Bertz CT molecular complexity index is 991. The number of rotatable bonds is 15. The quantitative estimate of drug-likeness (QED) is 0.222. The minimum atomic E-state index is -1.05. The van der Waals surface area contributed by atoms with E-state index in [9.17, 15) is 19.2 Å². The molecule has 0 saturated heterocycles. The van der Waals surface area contributed by atoms with Gasteiger partial charge in [0.25, 0.3) is 0 Å². The molecular weight excluding hydrogens is 518 g/mol. The lowest BCUT2D eigenvalue weighted by Gasteiger charge is -2.19. The molecule has 0 aliphatic rings. The third kappa shape index (κ3) is 11.9. The van der Waals surface area contributed by atoms with E-state index in [-0.39, 0.29) is 48.4 Å². The molecule has 0 heterocycles. The van der Waals surface area contributed by atoms with Crippen molar-refractivity contribution in [2.24, 2.45) is 29.4 Å². The van der Waals surface area contributed by atoms with Gasteiger partial charge in [0.1, 0.15) is 24.9 Å². The molecule has 0 amide bonds. The molecular formula is C30H47NO9. The highest BCUT2D eigenvalue weighted by Crippen LogP contribution is 2.31. The van der Waals surface area contributed by atoms with Gasteiger partial charge in [0.05, 0.1) is 11.8 Å². The summed E-state index contributed by atoms with van der Waals surface area (Å²) in [7, 11) is 0. The van der Waals surface area contributed by atoms with Crippen molar-refractivity contribution < 1.29 is 42.9 Å². The Morgan fingerprint density at radius 3 is 1.80 bits per heavy atom. The first-order valence-electron chi connectivity index (χ1n) is 14.0. The van der Waals surface area contributed by atoms with E-state index in [4.69, 9.17) is 29.4 Å². The molecule has 0 saturated carbocycles. The molecule has 0 radical (unpaired) electrons. The zero-order valence-electron chi connectivity index (χ0n) is 25.4. The Labute approximate surface area is 238 Å². The molecule has 40 heavy (non-hydrogen) atoms. The SMILES string of the molecule is CCCC(C)OC(=O)O[C@@H](C)COC(=O)[C@@H](N)Cc1ccc(OC(=O)C(C)C(C)C)c(OC(=O)C(C)C(C)C)c1. The van der Waals surface area contributed by atoms with Gasteiger partial charge in [-0.25, -0.2) is 4.79 Å². The van der Waals surface area contributed by atoms with E-state index in [1.54, 1.807) is 33.8 Å². The zero-order valence-corrected chi connectivity index (χ0v) is 25.4. The number of hydrogen-bond donors (Lipinski definition) is 1. The molecule has 10 heteroatoms. The zero-order chi connectivity index (χ0) is 30.6. The van der Waals surface area contributed by atoms with E-state index >= 15 is 0 Å². The van der Waals surface area contributed by atoms with Gasteiger partial charge in [0, 0.05) is 0 Å². The van der Waals surface area contributed by atoms with Crippen LogP contribution in [0, 0.1) is 23.7 Å². The molecule has 1 aromatic rings. The largest absolute Gasteiger partial charge is 0.508 e. The Morgan fingerprint density at radius 1 is 0.750 bits per heavy atom. The van der Waals surface area contributed by atoms with Crippen LogP contribution in [0.3, 0.4) is 0 Å². The Hall–Kier alpha value is -3.14. The van der Waals surface area contributed by atoms with Crippen LogP contribution in [0.4, 0.5) is 4.79 Å². The minimum Gasteiger partial charge on any atom is -0.461 e. The fraction of sp³-hybridized carbons (Fsp3) is 0.667. The summed E-state index contributed by atoms with van der Waals surface area (Å²) in [6.45, 7) is 16.3. The highest BCUT2D eigenvalue weighted by Gasteiger charge is 2.25. The fourth-order valence-corrected chi connectivity index (χ4v) is 3.29. The lowest BCUT2D eigenvalue weighted by atomic mass is 9.98. The van der Waals surface area contributed by atoms with Gasteiger partial charge in [-0.15, -0.1) is 0 Å². The van der Waals surface area contributed by atoms with Crippen LogP contribution >= 0.6 is 0 Å². The average molecular weight is 566 g/mol. The number of benzene rings is 1. The van der Waals surface area contributed by atoms with Crippen molar-refractivity contribution >= 4 is 24.1 Å². The second kappa shape index (κ2) is 16.8. The van der Waals surface area contributed by atoms with Crippen molar-refractivity contribution in [3.8, 4) is 11.5 Å².